The number of aliphatic hydroxyl groups excluding tert-OH is 1. The molecule has 0 saturated heterocycles. The van der Waals surface area contributed by atoms with E-state index in [1.807, 2.05) is 43.5 Å². The van der Waals surface area contributed by atoms with Crippen LogP contribution in [0.5, 0.6) is 0 Å². The average Bonchev–Trinajstić information content (AvgIpc) is 2.99. The number of aromatic nitrogens is 2. The predicted octanol–water partition coefficient (Wildman–Crippen LogP) is 1.94. The van der Waals surface area contributed by atoms with E-state index < -0.39 is 0 Å². The zero-order chi connectivity index (χ0) is 15.9. The number of rotatable bonds is 7. The van der Waals surface area contributed by atoms with E-state index in [2.05, 4.69) is 10.4 Å². The standard InChI is InChI=1S/C17H23N3O2/c1-13(10-14(2)21)12-18-17(22)11-15-4-6-16(7-5-15)20-9-3-8-19-20/h3-9,13-14,21H,10-12H2,1-2H3,(H,18,22). The summed E-state index contributed by atoms with van der Waals surface area (Å²) in [5.74, 6) is 0.274. The van der Waals surface area contributed by atoms with Crippen molar-refractivity contribution in [1.82, 2.24) is 15.1 Å². The van der Waals surface area contributed by atoms with E-state index in [0.717, 1.165) is 11.3 Å². The first-order chi connectivity index (χ1) is 10.5. The van der Waals surface area contributed by atoms with Gasteiger partial charge in [0.2, 0.25) is 5.91 Å². The van der Waals surface area contributed by atoms with Crippen LogP contribution in [-0.2, 0) is 11.2 Å². The summed E-state index contributed by atoms with van der Waals surface area (Å²) in [5, 5.41) is 16.4. The second-order valence-corrected chi connectivity index (χ2v) is 5.79. The lowest BCUT2D eigenvalue weighted by Crippen LogP contribution is -2.30. The summed E-state index contributed by atoms with van der Waals surface area (Å²) in [7, 11) is 0. The number of benzene rings is 1. The van der Waals surface area contributed by atoms with Crippen molar-refractivity contribution >= 4 is 5.91 Å². The third-order valence-corrected chi connectivity index (χ3v) is 3.46. The van der Waals surface area contributed by atoms with Gasteiger partial charge in [0.05, 0.1) is 18.2 Å². The fourth-order valence-corrected chi connectivity index (χ4v) is 2.39. The first-order valence-corrected chi connectivity index (χ1v) is 7.58. The molecule has 1 aromatic carbocycles. The molecule has 0 bridgehead atoms. The van der Waals surface area contributed by atoms with Crippen LogP contribution < -0.4 is 5.32 Å². The summed E-state index contributed by atoms with van der Waals surface area (Å²) in [6, 6.07) is 9.65. The predicted molar refractivity (Wildman–Crippen MR) is 85.7 cm³/mol. The van der Waals surface area contributed by atoms with Crippen molar-refractivity contribution in [2.75, 3.05) is 6.54 Å². The molecule has 1 amide bonds. The van der Waals surface area contributed by atoms with E-state index >= 15 is 0 Å². The molecule has 1 aromatic heterocycles. The van der Waals surface area contributed by atoms with E-state index in [0.29, 0.717) is 19.4 Å². The molecule has 22 heavy (non-hydrogen) atoms. The summed E-state index contributed by atoms with van der Waals surface area (Å²) in [4.78, 5) is 11.9. The fraction of sp³-hybridized carbons (Fsp3) is 0.412. The van der Waals surface area contributed by atoms with Crippen LogP contribution in [0.1, 0.15) is 25.8 Å². The molecule has 1 heterocycles. The molecule has 2 rings (SSSR count). The normalized spacial score (nSPS) is 13.6. The first kappa shape index (κ1) is 16.2. The Morgan fingerprint density at radius 3 is 2.64 bits per heavy atom. The van der Waals surface area contributed by atoms with Crippen LogP contribution >= 0.6 is 0 Å². The van der Waals surface area contributed by atoms with Crippen LogP contribution in [0.25, 0.3) is 5.69 Å². The number of carbonyl (C=O) groups excluding carboxylic acids is 1. The zero-order valence-corrected chi connectivity index (χ0v) is 13.1. The van der Waals surface area contributed by atoms with Gasteiger partial charge in [-0.25, -0.2) is 4.68 Å². The largest absolute Gasteiger partial charge is 0.393 e. The number of carbonyl (C=O) groups is 1. The molecule has 2 aromatic rings. The highest BCUT2D eigenvalue weighted by atomic mass is 16.3. The lowest BCUT2D eigenvalue weighted by molar-refractivity contribution is -0.120. The van der Waals surface area contributed by atoms with Crippen molar-refractivity contribution < 1.29 is 9.90 Å². The van der Waals surface area contributed by atoms with Crippen molar-refractivity contribution in [3.8, 4) is 5.69 Å². The topological polar surface area (TPSA) is 67.2 Å². The van der Waals surface area contributed by atoms with Crippen molar-refractivity contribution in [3.05, 3.63) is 48.3 Å². The summed E-state index contributed by atoms with van der Waals surface area (Å²) < 4.78 is 1.78. The highest BCUT2D eigenvalue weighted by molar-refractivity contribution is 5.78. The Balaban J connectivity index is 1.82. The van der Waals surface area contributed by atoms with E-state index in [1.54, 1.807) is 17.8 Å². The summed E-state index contributed by atoms with van der Waals surface area (Å²) in [5.41, 5.74) is 1.94. The van der Waals surface area contributed by atoms with Crippen LogP contribution in [0.4, 0.5) is 0 Å². The molecule has 0 saturated carbocycles. The minimum atomic E-state index is -0.332. The molecule has 0 spiro atoms. The first-order valence-electron chi connectivity index (χ1n) is 7.58. The molecule has 0 aliphatic rings. The summed E-state index contributed by atoms with van der Waals surface area (Å²) in [6.45, 7) is 4.38. The molecule has 0 fully saturated rings. The van der Waals surface area contributed by atoms with E-state index in [-0.39, 0.29) is 17.9 Å². The monoisotopic (exact) mass is 301 g/mol. The van der Waals surface area contributed by atoms with Gasteiger partial charge >= 0.3 is 0 Å². The molecule has 118 valence electrons. The van der Waals surface area contributed by atoms with Gasteiger partial charge < -0.3 is 10.4 Å². The number of aliphatic hydroxyl groups is 1. The smallest absolute Gasteiger partial charge is 0.224 e. The molecule has 5 nitrogen and oxygen atoms in total. The number of nitrogens with zero attached hydrogens (tertiary/aromatic N) is 2. The van der Waals surface area contributed by atoms with Crippen molar-refractivity contribution in [1.29, 1.82) is 0 Å². The molecule has 2 unspecified atom stereocenters. The van der Waals surface area contributed by atoms with Crippen molar-refractivity contribution in [2.24, 2.45) is 5.92 Å². The van der Waals surface area contributed by atoms with E-state index in [1.165, 1.54) is 0 Å². The fourth-order valence-electron chi connectivity index (χ4n) is 2.39. The molecule has 2 atom stereocenters. The Morgan fingerprint density at radius 1 is 1.32 bits per heavy atom. The highest BCUT2D eigenvalue weighted by Crippen LogP contribution is 2.09. The van der Waals surface area contributed by atoms with Crippen LogP contribution in [-0.4, -0.2) is 33.4 Å². The van der Waals surface area contributed by atoms with Crippen molar-refractivity contribution in [2.45, 2.75) is 32.8 Å². The molecular formula is C17H23N3O2. The lowest BCUT2D eigenvalue weighted by Gasteiger charge is -2.14. The summed E-state index contributed by atoms with van der Waals surface area (Å²) >= 11 is 0. The van der Waals surface area contributed by atoms with Gasteiger partial charge in [-0.05, 0) is 43.0 Å². The molecular weight excluding hydrogens is 278 g/mol. The number of hydrogen-bond acceptors (Lipinski definition) is 3. The third kappa shape index (κ3) is 5.00. The van der Waals surface area contributed by atoms with Gasteiger partial charge in [-0.3, -0.25) is 4.79 Å². The maximum atomic E-state index is 11.9. The van der Waals surface area contributed by atoms with Gasteiger partial charge in [0, 0.05) is 18.9 Å². The van der Waals surface area contributed by atoms with E-state index in [4.69, 9.17) is 0 Å². The number of nitrogens with one attached hydrogen (secondary N) is 1. The van der Waals surface area contributed by atoms with Gasteiger partial charge in [-0.2, -0.15) is 5.10 Å². The molecule has 0 aliphatic carbocycles. The minimum Gasteiger partial charge on any atom is -0.393 e. The number of hydrogen-bond donors (Lipinski definition) is 2. The van der Waals surface area contributed by atoms with Crippen LogP contribution in [0.3, 0.4) is 0 Å². The summed E-state index contributed by atoms with van der Waals surface area (Å²) in [6.07, 6.45) is 4.34. The maximum absolute atomic E-state index is 11.9. The quantitative estimate of drug-likeness (QED) is 0.821. The van der Waals surface area contributed by atoms with Gasteiger partial charge in [-0.1, -0.05) is 19.1 Å². The Morgan fingerprint density at radius 2 is 2.05 bits per heavy atom. The highest BCUT2D eigenvalue weighted by Gasteiger charge is 2.09. The Kier molecular flexibility index (Phi) is 5.72. The minimum absolute atomic E-state index is 0.00396. The van der Waals surface area contributed by atoms with Gasteiger partial charge in [-0.15, -0.1) is 0 Å². The van der Waals surface area contributed by atoms with Crippen LogP contribution in [0, 0.1) is 5.92 Å². The second kappa shape index (κ2) is 7.75. The average molecular weight is 301 g/mol. The van der Waals surface area contributed by atoms with Crippen molar-refractivity contribution in [3.63, 3.8) is 0 Å². The zero-order valence-electron chi connectivity index (χ0n) is 13.1. The van der Waals surface area contributed by atoms with Crippen LogP contribution in [0.2, 0.25) is 0 Å². The maximum Gasteiger partial charge on any atom is 0.224 e. The Labute approximate surface area is 131 Å². The molecule has 2 N–H and O–H groups in total. The van der Waals surface area contributed by atoms with Gasteiger partial charge in [0.15, 0.2) is 0 Å². The molecule has 0 aliphatic heterocycles. The Bertz CT molecular complexity index is 576. The van der Waals surface area contributed by atoms with Crippen LogP contribution in [0.15, 0.2) is 42.7 Å². The second-order valence-electron chi connectivity index (χ2n) is 5.79. The number of amides is 1. The van der Waals surface area contributed by atoms with Gasteiger partial charge in [0.1, 0.15) is 0 Å². The molecule has 5 heteroatoms. The third-order valence-electron chi connectivity index (χ3n) is 3.46. The lowest BCUT2D eigenvalue weighted by atomic mass is 10.0. The SMILES string of the molecule is CC(O)CC(C)CNC(=O)Cc1ccc(-n2cccn2)cc1. The van der Waals surface area contributed by atoms with Gasteiger partial charge in [0.25, 0.3) is 0 Å². The van der Waals surface area contributed by atoms with E-state index in [9.17, 15) is 9.90 Å². The molecule has 0 radical (unpaired) electrons. The Hall–Kier alpha value is -2.14.